The molecule has 0 unspecified atom stereocenters. The molecule has 2 aromatic rings. The lowest BCUT2D eigenvalue weighted by Crippen LogP contribution is -2.23. The standard InChI is InChI=1S/C16H13BF2O4/c1-17-12-4-3-11(5-10(12)8-22-17)23-15-13(18)6-9(7-14(15)19)16(20)21-2/h3-7H,8H2,1-2H3. The molecule has 0 aromatic heterocycles. The molecule has 0 N–H and O–H groups in total. The largest absolute Gasteiger partial charge is 0.465 e. The number of esters is 1. The maximum atomic E-state index is 14.0. The van der Waals surface area contributed by atoms with E-state index >= 15 is 0 Å². The first-order valence-corrected chi connectivity index (χ1v) is 6.99. The lowest BCUT2D eigenvalue weighted by Gasteiger charge is -2.10. The summed E-state index contributed by atoms with van der Waals surface area (Å²) in [5.41, 5.74) is 1.73. The first-order chi connectivity index (χ1) is 11.0. The van der Waals surface area contributed by atoms with Crippen molar-refractivity contribution in [3.8, 4) is 11.5 Å². The summed E-state index contributed by atoms with van der Waals surface area (Å²) in [6.45, 7) is 2.35. The second-order valence-corrected chi connectivity index (χ2v) is 5.18. The van der Waals surface area contributed by atoms with Crippen LogP contribution in [0, 0.1) is 11.6 Å². The molecule has 0 bridgehead atoms. The molecule has 0 aliphatic carbocycles. The lowest BCUT2D eigenvalue weighted by molar-refractivity contribution is 0.0599. The van der Waals surface area contributed by atoms with Gasteiger partial charge in [-0.25, -0.2) is 13.6 Å². The highest BCUT2D eigenvalue weighted by Gasteiger charge is 2.24. The van der Waals surface area contributed by atoms with Crippen LogP contribution in [0.25, 0.3) is 0 Å². The van der Waals surface area contributed by atoms with Gasteiger partial charge in [-0.2, -0.15) is 0 Å². The number of hydrogen-bond acceptors (Lipinski definition) is 4. The molecule has 0 fully saturated rings. The van der Waals surface area contributed by atoms with Crippen LogP contribution in [0.3, 0.4) is 0 Å². The SMILES string of the molecule is COC(=O)c1cc(F)c(Oc2ccc3c(c2)COB3C)c(F)c1. The molecule has 1 aliphatic heterocycles. The van der Waals surface area contributed by atoms with Gasteiger partial charge in [-0.05, 0) is 35.3 Å². The minimum absolute atomic E-state index is 0.00754. The molecule has 1 aliphatic rings. The third-order valence-corrected chi connectivity index (χ3v) is 3.68. The fraction of sp³-hybridized carbons (Fsp3) is 0.188. The van der Waals surface area contributed by atoms with E-state index < -0.39 is 23.4 Å². The van der Waals surface area contributed by atoms with Crippen LogP contribution >= 0.6 is 0 Å². The summed E-state index contributed by atoms with van der Waals surface area (Å²) in [7, 11) is 1.14. The Morgan fingerprint density at radius 3 is 2.57 bits per heavy atom. The fourth-order valence-electron chi connectivity index (χ4n) is 2.48. The highest BCUT2D eigenvalue weighted by Crippen LogP contribution is 2.30. The van der Waals surface area contributed by atoms with Crippen molar-refractivity contribution in [3.05, 3.63) is 53.1 Å². The molecule has 0 saturated heterocycles. The Morgan fingerprint density at radius 1 is 1.22 bits per heavy atom. The van der Waals surface area contributed by atoms with Gasteiger partial charge in [0.1, 0.15) is 5.75 Å². The number of fused-ring (bicyclic) bond motifs is 1. The van der Waals surface area contributed by atoms with E-state index in [4.69, 9.17) is 9.39 Å². The van der Waals surface area contributed by atoms with Gasteiger partial charge in [-0.15, -0.1) is 0 Å². The van der Waals surface area contributed by atoms with Gasteiger partial charge in [0.15, 0.2) is 17.4 Å². The summed E-state index contributed by atoms with van der Waals surface area (Å²) in [6.07, 6.45) is 0. The van der Waals surface area contributed by atoms with Crippen molar-refractivity contribution in [2.45, 2.75) is 13.4 Å². The number of halogens is 2. The number of methoxy groups -OCH3 is 1. The molecule has 0 spiro atoms. The number of carbonyl (C=O) groups excluding carboxylic acids is 1. The average molecular weight is 318 g/mol. The van der Waals surface area contributed by atoms with Gasteiger partial charge in [0, 0.05) is 0 Å². The normalized spacial score (nSPS) is 13.0. The maximum absolute atomic E-state index is 14.0. The predicted octanol–water partition coefficient (Wildman–Crippen LogP) is 2.90. The molecule has 0 radical (unpaired) electrons. The summed E-state index contributed by atoms with van der Waals surface area (Å²) in [4.78, 5) is 11.3. The van der Waals surface area contributed by atoms with Crippen molar-refractivity contribution in [3.63, 3.8) is 0 Å². The molecule has 23 heavy (non-hydrogen) atoms. The number of rotatable bonds is 3. The Morgan fingerprint density at radius 2 is 1.91 bits per heavy atom. The zero-order chi connectivity index (χ0) is 16.6. The Labute approximate surface area is 132 Å². The van der Waals surface area contributed by atoms with Gasteiger partial charge in [0.25, 0.3) is 0 Å². The minimum atomic E-state index is -0.976. The Hall–Kier alpha value is -2.41. The van der Waals surface area contributed by atoms with Gasteiger partial charge >= 0.3 is 12.9 Å². The molecule has 7 heteroatoms. The Kier molecular flexibility index (Phi) is 4.04. The molecule has 3 rings (SSSR count). The van der Waals surface area contributed by atoms with Crippen LogP contribution < -0.4 is 10.2 Å². The van der Waals surface area contributed by atoms with Crippen molar-refractivity contribution in [1.82, 2.24) is 0 Å². The van der Waals surface area contributed by atoms with Crippen molar-refractivity contribution < 1.29 is 27.7 Å². The zero-order valence-electron chi connectivity index (χ0n) is 12.6. The molecular weight excluding hydrogens is 305 g/mol. The number of benzene rings is 2. The fourth-order valence-corrected chi connectivity index (χ4v) is 2.48. The van der Waals surface area contributed by atoms with E-state index in [1.165, 1.54) is 0 Å². The van der Waals surface area contributed by atoms with E-state index in [0.717, 1.165) is 30.3 Å². The predicted molar refractivity (Wildman–Crippen MR) is 80.3 cm³/mol. The van der Waals surface area contributed by atoms with Crippen LogP contribution in [0.2, 0.25) is 6.82 Å². The van der Waals surface area contributed by atoms with E-state index in [0.29, 0.717) is 12.4 Å². The van der Waals surface area contributed by atoms with E-state index in [2.05, 4.69) is 4.74 Å². The van der Waals surface area contributed by atoms with Gasteiger partial charge in [-0.3, -0.25) is 0 Å². The molecular formula is C16H13BF2O4. The molecule has 1 heterocycles. The van der Waals surface area contributed by atoms with Crippen molar-refractivity contribution in [2.24, 2.45) is 0 Å². The average Bonchev–Trinajstić information content (AvgIpc) is 2.90. The molecule has 0 saturated carbocycles. The first-order valence-electron chi connectivity index (χ1n) is 6.99. The molecule has 2 aromatic carbocycles. The van der Waals surface area contributed by atoms with Gasteiger partial charge in [0.05, 0.1) is 19.3 Å². The van der Waals surface area contributed by atoms with Crippen LogP contribution in [0.4, 0.5) is 8.78 Å². The summed E-state index contributed by atoms with van der Waals surface area (Å²) < 4.78 is 43.3. The summed E-state index contributed by atoms with van der Waals surface area (Å²) in [5, 5.41) is 0. The Bertz CT molecular complexity index is 756. The molecule has 118 valence electrons. The number of hydrogen-bond donors (Lipinski definition) is 0. The second kappa shape index (κ2) is 6.00. The van der Waals surface area contributed by atoms with E-state index in [1.54, 1.807) is 18.2 Å². The quantitative estimate of drug-likeness (QED) is 0.645. The van der Waals surface area contributed by atoms with Gasteiger partial charge in [0.2, 0.25) is 0 Å². The number of carbonyl (C=O) groups is 1. The summed E-state index contributed by atoms with van der Waals surface area (Å²) >= 11 is 0. The number of ether oxygens (including phenoxy) is 2. The molecule has 0 atom stereocenters. The van der Waals surface area contributed by atoms with Gasteiger partial charge < -0.3 is 14.1 Å². The zero-order valence-corrected chi connectivity index (χ0v) is 12.6. The van der Waals surface area contributed by atoms with E-state index in [1.807, 2.05) is 6.82 Å². The highest BCUT2D eigenvalue weighted by atomic mass is 19.1. The maximum Gasteiger partial charge on any atom is 0.338 e. The van der Waals surface area contributed by atoms with Gasteiger partial charge in [-0.1, -0.05) is 12.9 Å². The smallest absolute Gasteiger partial charge is 0.338 e. The third kappa shape index (κ3) is 2.92. The van der Waals surface area contributed by atoms with Crippen LogP contribution in [-0.2, 0) is 16.0 Å². The lowest BCUT2D eigenvalue weighted by atomic mass is 9.64. The second-order valence-electron chi connectivity index (χ2n) is 5.18. The molecule has 0 amide bonds. The van der Waals surface area contributed by atoms with Crippen molar-refractivity contribution in [1.29, 1.82) is 0 Å². The van der Waals surface area contributed by atoms with E-state index in [-0.39, 0.29) is 12.5 Å². The monoisotopic (exact) mass is 318 g/mol. The summed E-state index contributed by atoms with van der Waals surface area (Å²) in [6, 6.07) is 6.87. The van der Waals surface area contributed by atoms with E-state index in [9.17, 15) is 13.6 Å². The minimum Gasteiger partial charge on any atom is -0.465 e. The van der Waals surface area contributed by atoms with Crippen molar-refractivity contribution >= 4 is 18.3 Å². The highest BCUT2D eigenvalue weighted by molar-refractivity contribution is 6.67. The molecule has 4 nitrogen and oxygen atoms in total. The van der Waals surface area contributed by atoms with Crippen LogP contribution in [0.5, 0.6) is 11.5 Å². The third-order valence-electron chi connectivity index (χ3n) is 3.68. The topological polar surface area (TPSA) is 44.8 Å². The van der Waals surface area contributed by atoms with Crippen molar-refractivity contribution in [2.75, 3.05) is 7.11 Å². The van der Waals surface area contributed by atoms with Crippen LogP contribution in [-0.4, -0.2) is 20.0 Å². The summed E-state index contributed by atoms with van der Waals surface area (Å²) in [5.74, 6) is -3.04. The van der Waals surface area contributed by atoms with Crippen LogP contribution in [0.1, 0.15) is 15.9 Å². The first kappa shape index (κ1) is 15.5. The van der Waals surface area contributed by atoms with Crippen LogP contribution in [0.15, 0.2) is 30.3 Å². The Balaban J connectivity index is 1.90.